The van der Waals surface area contributed by atoms with Gasteiger partial charge in [-0.05, 0) is 127 Å². The third kappa shape index (κ3) is 10.2. The summed E-state index contributed by atoms with van der Waals surface area (Å²) in [6, 6.07) is 47.5. The summed E-state index contributed by atoms with van der Waals surface area (Å²) in [4.78, 5) is 4.90. The van der Waals surface area contributed by atoms with Crippen molar-refractivity contribution in [3.05, 3.63) is 296 Å². The number of fused-ring (bicyclic) bond motifs is 10. The standard InChI is InChI=1S/C84H70N4OSi.Pt/c1-82(2,3)57-42-40-56(41-43-57)73-48-59(84(7,8)9)49-74-69-36-21-19-34-67(69)68-35-20-22-37-70(68)75-53-66(90(63-28-13-10-14-29-63,64-30-15-11-16-31-64)65-32-17-12-18-33-65)54-78-81(75)87(80(73)74)55-86(78)60-26-25-27-61(51-60)89-62-44-45-72-71-38-23-24-39-76(71)88(77(72)52-62)79-50-58(46-47-85-79)83(4,5)6;/h10-50,53-54H,1-9H3;/q-2;/i10D,11D,12D,13D,14D,15D,16D,17D,18D,28D,29D,30D,31D,32D,33D;. The maximum atomic E-state index is 10.1. The average Bonchev–Trinajstić information content (AvgIpc) is 0.989. The fourth-order valence-corrected chi connectivity index (χ4v) is 16.7. The number of hydrogen-bond acceptors (Lipinski definition) is 2. The first-order valence-electron chi connectivity index (χ1n) is 37.6. The van der Waals surface area contributed by atoms with E-state index in [1.165, 1.54) is 0 Å². The molecule has 7 heteroatoms. The van der Waals surface area contributed by atoms with Crippen molar-refractivity contribution >= 4 is 61.7 Å². The van der Waals surface area contributed by atoms with E-state index in [1.54, 1.807) is 34.9 Å². The van der Waals surface area contributed by atoms with Gasteiger partial charge in [-0.15, -0.1) is 29.7 Å². The van der Waals surface area contributed by atoms with Crippen LogP contribution in [-0.4, -0.2) is 22.2 Å². The van der Waals surface area contributed by atoms with Crippen LogP contribution in [0.25, 0.3) is 94.5 Å². The zero-order chi connectivity index (χ0) is 74.7. The van der Waals surface area contributed by atoms with Gasteiger partial charge in [-0.25, -0.2) is 4.98 Å². The third-order valence-electron chi connectivity index (χ3n) is 17.4. The van der Waals surface area contributed by atoms with Gasteiger partial charge in [-0.2, -0.15) is 18.2 Å². The first-order chi connectivity index (χ1) is 49.7. The predicted molar refractivity (Wildman–Crippen MR) is 375 cm³/mol. The van der Waals surface area contributed by atoms with Gasteiger partial charge < -0.3 is 13.9 Å². The van der Waals surface area contributed by atoms with Crippen LogP contribution in [0.2, 0.25) is 0 Å². The zero-order valence-electron chi connectivity index (χ0n) is 66.7. The van der Waals surface area contributed by atoms with Crippen LogP contribution in [0.1, 0.15) is 99.6 Å². The van der Waals surface area contributed by atoms with E-state index in [0.29, 0.717) is 50.7 Å². The number of ether oxygens (including phenoxy) is 1. The molecule has 0 saturated carbocycles. The molecular weight excluding hydrogens is 1300 g/mol. The number of para-hydroxylation sites is 1. The van der Waals surface area contributed by atoms with Gasteiger partial charge in [-0.1, -0.05) is 274 Å². The van der Waals surface area contributed by atoms with Crippen LogP contribution >= 0.6 is 0 Å². The molecule has 448 valence electrons. The Morgan fingerprint density at radius 2 is 1.00 bits per heavy atom. The number of imidazole rings is 1. The van der Waals surface area contributed by atoms with Gasteiger partial charge in [0.15, 0.2) is 8.07 Å². The Balaban J connectivity index is 0.00000944. The van der Waals surface area contributed by atoms with Gasteiger partial charge in [0, 0.05) is 44.3 Å². The Morgan fingerprint density at radius 1 is 0.451 bits per heavy atom. The van der Waals surface area contributed by atoms with E-state index in [0.717, 1.165) is 60.8 Å². The minimum absolute atomic E-state index is 0. The number of pyridine rings is 1. The van der Waals surface area contributed by atoms with E-state index in [9.17, 15) is 16.4 Å². The van der Waals surface area contributed by atoms with Crippen molar-refractivity contribution in [3.8, 4) is 73.2 Å². The van der Waals surface area contributed by atoms with Gasteiger partial charge in [-0.3, -0.25) is 4.57 Å². The maximum Gasteiger partial charge on any atom is 0.268 e. The van der Waals surface area contributed by atoms with E-state index in [4.69, 9.17) is 13.8 Å². The summed E-state index contributed by atoms with van der Waals surface area (Å²) < 4.78 is 157. The minimum atomic E-state index is -5.82. The summed E-state index contributed by atoms with van der Waals surface area (Å²) in [5.74, 6) is 1.26. The van der Waals surface area contributed by atoms with E-state index in [-0.39, 0.29) is 48.3 Å². The second-order valence-corrected chi connectivity index (χ2v) is 29.7. The van der Waals surface area contributed by atoms with Crippen LogP contribution in [0.4, 0.5) is 0 Å². The molecule has 5 nitrogen and oxygen atoms in total. The van der Waals surface area contributed by atoms with Crippen LogP contribution in [0.5, 0.6) is 11.5 Å². The normalized spacial score (nSPS) is 14.7. The van der Waals surface area contributed by atoms with E-state index in [1.807, 2.05) is 89.6 Å². The SMILES string of the molecule is [2H]c1c([2H])c([2H])c([Si](c2cc3c4c(c2)n(-c2[c-]c(Oc5[c-]c6c(cc5)c5ccccc5n6-c5cc(C(C)(C)C)ccn5)ccc2)[c-][n+]4-c2c(-c4ccc(C(C)(C)C)cc4)cc(C(C)(C)C)cc2-c2ccccc2-c2ccccc2-3)(c2c([2H])c([2H])c([2H])c([2H])c2[2H])c2c([2H])c([2H])c([2H])c([2H])c2[2H])c([2H])c1[2H].[Pt]. The molecule has 4 heterocycles. The molecule has 0 radical (unpaired) electrons. The van der Waals surface area contributed by atoms with Crippen LogP contribution in [0.3, 0.4) is 0 Å². The molecule has 0 atom stereocenters. The van der Waals surface area contributed by atoms with Gasteiger partial charge in [0.25, 0.3) is 6.33 Å². The molecule has 1 aliphatic heterocycles. The number of rotatable bonds is 9. The minimum Gasteiger partial charge on any atom is -0.510 e. The summed E-state index contributed by atoms with van der Waals surface area (Å²) in [5.41, 5.74) is 11.5. The van der Waals surface area contributed by atoms with Gasteiger partial charge in [0.2, 0.25) is 0 Å². The monoisotopic (exact) mass is 1390 g/mol. The Morgan fingerprint density at radius 3 is 1.60 bits per heavy atom. The topological polar surface area (TPSA) is 35.9 Å². The van der Waals surface area contributed by atoms with Crippen LogP contribution in [0.15, 0.2) is 261 Å². The van der Waals surface area contributed by atoms with E-state index in [2.05, 4.69) is 140 Å². The zero-order valence-corrected chi connectivity index (χ0v) is 55.0. The summed E-state index contributed by atoms with van der Waals surface area (Å²) in [6.45, 7) is 19.5. The van der Waals surface area contributed by atoms with Crippen molar-refractivity contribution in [2.75, 3.05) is 0 Å². The molecule has 0 saturated heterocycles. The molecule has 0 spiro atoms. The van der Waals surface area contributed by atoms with Crippen molar-refractivity contribution in [1.29, 1.82) is 0 Å². The quantitative estimate of drug-likeness (QED) is 0.0625. The average molecular weight is 1390 g/mol. The van der Waals surface area contributed by atoms with Crippen LogP contribution < -0.4 is 30.1 Å². The molecule has 0 aliphatic carbocycles. The first-order valence-corrected chi connectivity index (χ1v) is 32.1. The molecule has 14 aromatic rings. The van der Waals surface area contributed by atoms with Crippen molar-refractivity contribution in [3.63, 3.8) is 0 Å². The second kappa shape index (κ2) is 22.8. The van der Waals surface area contributed by atoms with Gasteiger partial charge in [0.1, 0.15) is 5.82 Å². The van der Waals surface area contributed by atoms with Crippen LogP contribution in [0, 0.1) is 18.5 Å². The molecule has 91 heavy (non-hydrogen) atoms. The second-order valence-electron chi connectivity index (χ2n) is 26.1. The Labute approximate surface area is 571 Å². The summed E-state index contributed by atoms with van der Waals surface area (Å²) in [5, 5.41) is -0.0595. The maximum absolute atomic E-state index is 10.1. The largest absolute Gasteiger partial charge is 0.510 e. The third-order valence-corrected chi connectivity index (χ3v) is 21.6. The molecule has 0 fully saturated rings. The molecule has 3 aromatic heterocycles. The molecule has 0 N–H and O–H groups in total. The molecule has 0 bridgehead atoms. The molecule has 1 aliphatic rings. The Hall–Kier alpha value is -9.45. The molecule has 11 aromatic carbocycles. The van der Waals surface area contributed by atoms with Gasteiger partial charge >= 0.3 is 0 Å². The molecule has 15 rings (SSSR count). The molecule has 0 amide bonds. The fourth-order valence-electron chi connectivity index (χ4n) is 12.8. The summed E-state index contributed by atoms with van der Waals surface area (Å²) >= 11 is 0. The van der Waals surface area contributed by atoms with Crippen molar-refractivity contribution in [2.24, 2.45) is 0 Å². The summed E-state index contributed by atoms with van der Waals surface area (Å²) in [7, 11) is -5.82. The van der Waals surface area contributed by atoms with E-state index < -0.39 is 120 Å². The number of nitrogens with zero attached hydrogens (tertiary/aromatic N) is 4. The Bertz CT molecular complexity index is 5800. The van der Waals surface area contributed by atoms with Crippen molar-refractivity contribution in [2.45, 2.75) is 78.6 Å². The number of benzene rings is 11. The molecular formula is C84H70N4OPtSi-2. The van der Waals surface area contributed by atoms with Gasteiger partial charge in [0.05, 0.1) is 37.3 Å². The smallest absolute Gasteiger partial charge is 0.268 e. The Kier molecular flexibility index (Phi) is 11.0. The van der Waals surface area contributed by atoms with Crippen molar-refractivity contribution < 1.29 is 50.9 Å². The first kappa shape index (κ1) is 44.1. The number of hydrogen-bond donors (Lipinski definition) is 0. The number of aromatic nitrogens is 4. The van der Waals surface area contributed by atoms with Crippen molar-refractivity contribution in [1.82, 2.24) is 14.1 Å². The van der Waals surface area contributed by atoms with Crippen LogP contribution in [-0.2, 0) is 37.3 Å². The molecule has 0 unspecified atom stereocenters. The predicted octanol–water partition coefficient (Wildman–Crippen LogP) is 17.8. The fraction of sp³-hybridized carbons (Fsp3) is 0.143. The summed E-state index contributed by atoms with van der Waals surface area (Å²) in [6.07, 6.45) is 5.66. The van der Waals surface area contributed by atoms with E-state index >= 15 is 0 Å².